The molecule has 0 amide bonds. The lowest BCUT2D eigenvalue weighted by Gasteiger charge is -2.19. The first kappa shape index (κ1) is 28.4. The molecule has 3 aromatic carbocycles. The molecule has 4 aromatic rings. The van der Waals surface area contributed by atoms with E-state index in [1.807, 2.05) is 86.0 Å². The Morgan fingerprint density at radius 3 is 2.38 bits per heavy atom. The third kappa shape index (κ3) is 7.30. The van der Waals surface area contributed by atoms with Gasteiger partial charge in [-0.2, -0.15) is 0 Å². The minimum Gasteiger partial charge on any atom is -0.494 e. The fourth-order valence-corrected chi connectivity index (χ4v) is 5.68. The van der Waals surface area contributed by atoms with Crippen molar-refractivity contribution in [2.75, 3.05) is 19.8 Å². The minimum absolute atomic E-state index is 0.317. The van der Waals surface area contributed by atoms with Gasteiger partial charge in [0.2, 0.25) is 6.54 Å². The predicted molar refractivity (Wildman–Crippen MR) is 154 cm³/mol. The summed E-state index contributed by atoms with van der Waals surface area (Å²) < 4.78 is 20.1. The maximum Gasteiger partial charge on any atom is 0.220 e. The molecule has 204 valence electrons. The fourth-order valence-electron chi connectivity index (χ4n) is 3.95. The highest BCUT2D eigenvalue weighted by molar-refractivity contribution is 9.10. The van der Waals surface area contributed by atoms with E-state index in [2.05, 4.69) is 26.1 Å². The molecule has 0 saturated heterocycles. The number of rotatable bonds is 13. The largest absolute Gasteiger partial charge is 0.494 e. The molecule has 1 atom stereocenters. The first-order chi connectivity index (χ1) is 18.9. The Morgan fingerprint density at radius 2 is 1.72 bits per heavy atom. The van der Waals surface area contributed by atoms with Crippen molar-refractivity contribution < 1.29 is 19.1 Å². The van der Waals surface area contributed by atoms with Gasteiger partial charge >= 0.3 is 0 Å². The van der Waals surface area contributed by atoms with Gasteiger partial charge in [-0.15, -0.1) is 10.2 Å². The maximum atomic E-state index is 11.7. The molecule has 39 heavy (non-hydrogen) atoms. The Kier molecular flexibility index (Phi) is 9.83. The molecule has 0 saturated carbocycles. The van der Waals surface area contributed by atoms with Gasteiger partial charge in [0.25, 0.3) is 0 Å². The van der Waals surface area contributed by atoms with Crippen LogP contribution in [0.3, 0.4) is 0 Å². The molecule has 1 heterocycles. The number of hydrogen-bond donors (Lipinski definition) is 0. The molecule has 1 aromatic heterocycles. The third-order valence-electron chi connectivity index (χ3n) is 5.69. The van der Waals surface area contributed by atoms with Gasteiger partial charge in [0, 0.05) is 10.6 Å². The molecule has 11 heteroatoms. The first-order valence-electron chi connectivity index (χ1n) is 12.5. The van der Waals surface area contributed by atoms with Gasteiger partial charge in [0.05, 0.1) is 17.7 Å². The molecule has 0 unspecified atom stereocenters. The molecule has 0 N–H and O–H groups in total. The molecule has 4 rings (SSSR count). The summed E-state index contributed by atoms with van der Waals surface area (Å²) in [7, 11) is 0. The van der Waals surface area contributed by atoms with Crippen LogP contribution in [0, 0.1) is 17.0 Å². The number of nitro groups is 1. The van der Waals surface area contributed by atoms with Crippen LogP contribution in [0.1, 0.15) is 36.0 Å². The third-order valence-corrected chi connectivity index (χ3v) is 7.46. The van der Waals surface area contributed by atoms with E-state index in [4.69, 9.17) is 14.2 Å². The lowest BCUT2D eigenvalue weighted by molar-refractivity contribution is -0.479. The zero-order chi connectivity index (χ0) is 27.8. The van der Waals surface area contributed by atoms with Crippen molar-refractivity contribution in [2.24, 2.45) is 0 Å². The second-order valence-corrected chi connectivity index (χ2v) is 10.5. The van der Waals surface area contributed by atoms with Crippen LogP contribution in [0.4, 0.5) is 0 Å². The number of hydrogen-bond acceptors (Lipinski definition) is 8. The summed E-state index contributed by atoms with van der Waals surface area (Å²) in [6.45, 7) is 6.68. The van der Waals surface area contributed by atoms with E-state index in [0.29, 0.717) is 52.3 Å². The quantitative estimate of drug-likeness (QED) is 0.0920. The second-order valence-electron chi connectivity index (χ2n) is 8.45. The first-order valence-corrected chi connectivity index (χ1v) is 14.1. The smallest absolute Gasteiger partial charge is 0.220 e. The molecular formula is C28H29BrN4O5S. The fraction of sp³-hybridized carbons (Fsp3) is 0.286. The van der Waals surface area contributed by atoms with Gasteiger partial charge in [0.15, 0.2) is 16.7 Å². The lowest BCUT2D eigenvalue weighted by Crippen LogP contribution is -2.12. The summed E-state index contributed by atoms with van der Waals surface area (Å²) in [4.78, 5) is 11.4. The molecule has 0 aliphatic heterocycles. The number of halogens is 1. The maximum absolute atomic E-state index is 11.7. The van der Waals surface area contributed by atoms with Crippen LogP contribution in [0.25, 0.3) is 5.69 Å². The number of nitrogens with zero attached hydrogens (tertiary/aromatic N) is 4. The zero-order valence-electron chi connectivity index (χ0n) is 21.9. The van der Waals surface area contributed by atoms with Crippen LogP contribution >= 0.6 is 27.7 Å². The summed E-state index contributed by atoms with van der Waals surface area (Å²) in [5.41, 5.74) is 2.56. The number of ether oxygens (including phenoxy) is 3. The molecule has 9 nitrogen and oxygen atoms in total. The van der Waals surface area contributed by atoms with E-state index in [-0.39, 0.29) is 11.5 Å². The van der Waals surface area contributed by atoms with Gasteiger partial charge in [-0.1, -0.05) is 42.1 Å². The summed E-state index contributed by atoms with van der Waals surface area (Å²) in [6, 6.07) is 21.0. The van der Waals surface area contributed by atoms with Crippen molar-refractivity contribution >= 4 is 27.7 Å². The van der Waals surface area contributed by atoms with E-state index in [0.717, 1.165) is 17.0 Å². The summed E-state index contributed by atoms with van der Waals surface area (Å²) >= 11 is 4.88. The average molecular weight is 614 g/mol. The predicted octanol–water partition coefficient (Wildman–Crippen LogP) is 6.82. The Hall–Kier alpha value is -3.57. The summed E-state index contributed by atoms with van der Waals surface area (Å²) in [6.07, 6.45) is 0. The van der Waals surface area contributed by atoms with Crippen LogP contribution in [-0.2, 0) is 6.61 Å². The minimum atomic E-state index is -0.566. The molecule has 0 bridgehead atoms. The highest BCUT2D eigenvalue weighted by atomic mass is 79.9. The van der Waals surface area contributed by atoms with Crippen molar-refractivity contribution in [3.05, 3.63) is 98.3 Å². The van der Waals surface area contributed by atoms with Gasteiger partial charge in [-0.05, 0) is 84.2 Å². The van der Waals surface area contributed by atoms with Crippen molar-refractivity contribution in [2.45, 2.75) is 37.8 Å². The van der Waals surface area contributed by atoms with Crippen LogP contribution in [0.15, 0.2) is 76.4 Å². The molecule has 0 radical (unpaired) electrons. The summed E-state index contributed by atoms with van der Waals surface area (Å²) in [5, 5.41) is 20.3. The molecule has 0 spiro atoms. The second kappa shape index (κ2) is 13.5. The lowest BCUT2D eigenvalue weighted by atomic mass is 10.1. The van der Waals surface area contributed by atoms with Crippen LogP contribution in [-0.4, -0.2) is 39.4 Å². The standard InChI is InChI=1S/C28H29BrN4O5S/c1-4-36-23-13-11-22(12-14-23)33-19(3)30-31-28(33)39-26(17-32(34)35)21-15-24(29)27(25(16-21)37-5-2)38-18-20-9-7-6-8-10-20/h6-16,26H,4-5,17-18H2,1-3H3/t26-/m0/s1. The van der Waals surface area contributed by atoms with Gasteiger partial charge in [-0.25, -0.2) is 0 Å². The zero-order valence-corrected chi connectivity index (χ0v) is 24.3. The number of thioether (sulfide) groups is 1. The number of benzene rings is 3. The highest BCUT2D eigenvalue weighted by Gasteiger charge is 2.26. The Bertz CT molecular complexity index is 1400. The summed E-state index contributed by atoms with van der Waals surface area (Å²) in [5.74, 6) is 2.48. The van der Waals surface area contributed by atoms with E-state index >= 15 is 0 Å². The van der Waals surface area contributed by atoms with Crippen LogP contribution < -0.4 is 14.2 Å². The van der Waals surface area contributed by atoms with Crippen LogP contribution in [0.2, 0.25) is 0 Å². The normalized spacial score (nSPS) is 11.7. The monoisotopic (exact) mass is 612 g/mol. The van der Waals surface area contributed by atoms with Gasteiger partial charge in [0.1, 0.15) is 23.4 Å². The van der Waals surface area contributed by atoms with Crippen molar-refractivity contribution in [1.82, 2.24) is 14.8 Å². The van der Waals surface area contributed by atoms with E-state index < -0.39 is 5.25 Å². The SMILES string of the molecule is CCOc1ccc(-n2c(C)nnc2S[C@@H](C[N+](=O)[O-])c2cc(Br)c(OCc3ccccc3)c(OCC)c2)cc1. The Balaban J connectivity index is 1.65. The van der Waals surface area contributed by atoms with Gasteiger partial charge < -0.3 is 14.2 Å². The number of aromatic nitrogens is 3. The van der Waals surface area contributed by atoms with E-state index in [1.165, 1.54) is 11.8 Å². The Labute approximate surface area is 239 Å². The Morgan fingerprint density at radius 1 is 1.00 bits per heavy atom. The van der Waals surface area contributed by atoms with E-state index in [1.54, 1.807) is 6.07 Å². The van der Waals surface area contributed by atoms with Crippen molar-refractivity contribution in [1.29, 1.82) is 0 Å². The molecule has 0 fully saturated rings. The molecule has 0 aliphatic rings. The van der Waals surface area contributed by atoms with E-state index in [9.17, 15) is 10.1 Å². The molecule has 0 aliphatic carbocycles. The van der Waals surface area contributed by atoms with Crippen LogP contribution in [0.5, 0.6) is 17.2 Å². The average Bonchev–Trinajstić information content (AvgIpc) is 3.28. The molecular weight excluding hydrogens is 584 g/mol. The van der Waals surface area contributed by atoms with Crippen molar-refractivity contribution in [3.63, 3.8) is 0 Å². The highest BCUT2D eigenvalue weighted by Crippen LogP contribution is 2.43. The number of aryl methyl sites for hydroxylation is 1. The van der Waals surface area contributed by atoms with Crippen molar-refractivity contribution in [3.8, 4) is 22.9 Å². The van der Waals surface area contributed by atoms with Gasteiger partial charge in [-0.3, -0.25) is 14.7 Å². The topological polar surface area (TPSA) is 102 Å².